The lowest BCUT2D eigenvalue weighted by molar-refractivity contribution is 0.283. The molecule has 0 aromatic carbocycles. The van der Waals surface area contributed by atoms with Gasteiger partial charge in [-0.3, -0.25) is 4.99 Å². The van der Waals surface area contributed by atoms with E-state index in [9.17, 15) is 0 Å². The van der Waals surface area contributed by atoms with Crippen LogP contribution in [0.3, 0.4) is 0 Å². The van der Waals surface area contributed by atoms with Crippen molar-refractivity contribution in [2.24, 2.45) is 10.4 Å². The number of aromatic nitrogens is 1. The maximum Gasteiger partial charge on any atom is 0.191 e. The molecule has 2 rings (SSSR count). The summed E-state index contributed by atoms with van der Waals surface area (Å²) in [6, 6.07) is 0. The normalized spacial score (nSPS) is 17.1. The van der Waals surface area contributed by atoms with E-state index in [1.165, 1.54) is 37.1 Å². The van der Waals surface area contributed by atoms with Crippen LogP contribution in [0.1, 0.15) is 56.7 Å². The molecule has 0 atom stereocenters. The zero-order valence-corrected chi connectivity index (χ0v) is 17.1. The molecule has 0 amide bonds. The summed E-state index contributed by atoms with van der Waals surface area (Å²) in [6.45, 7) is 6.23. The Morgan fingerprint density at radius 3 is 2.59 bits per heavy atom. The summed E-state index contributed by atoms with van der Waals surface area (Å²) in [7, 11) is 1.83. The van der Waals surface area contributed by atoms with Gasteiger partial charge in [-0.2, -0.15) is 0 Å². The number of nitrogens with one attached hydrogen (secondary N) is 2. The van der Waals surface area contributed by atoms with Gasteiger partial charge < -0.3 is 10.6 Å². The van der Waals surface area contributed by atoms with Crippen molar-refractivity contribution < 1.29 is 0 Å². The molecule has 126 valence electrons. The highest BCUT2D eigenvalue weighted by Gasteiger charge is 2.31. The van der Waals surface area contributed by atoms with Crippen LogP contribution in [0.15, 0.2) is 10.4 Å². The number of hydrogen-bond acceptors (Lipinski definition) is 3. The molecule has 1 heterocycles. The standard InChI is InChI=1S/C16H28N4S.HI/c1-4-14-20-13(11-21-14)10-18-15(17-3)19-12-16(5-2)8-6-7-9-16;/h11H,4-10,12H2,1-3H3,(H2,17,18,19);1H. The number of rotatable bonds is 6. The summed E-state index contributed by atoms with van der Waals surface area (Å²) >= 11 is 1.73. The van der Waals surface area contributed by atoms with Crippen molar-refractivity contribution in [1.29, 1.82) is 0 Å². The van der Waals surface area contributed by atoms with E-state index in [1.807, 2.05) is 7.05 Å². The molecular weight excluding hydrogens is 407 g/mol. The fraction of sp³-hybridized carbons (Fsp3) is 0.750. The van der Waals surface area contributed by atoms with E-state index >= 15 is 0 Å². The molecule has 0 spiro atoms. The van der Waals surface area contributed by atoms with E-state index in [1.54, 1.807) is 11.3 Å². The van der Waals surface area contributed by atoms with Gasteiger partial charge in [-0.05, 0) is 31.1 Å². The smallest absolute Gasteiger partial charge is 0.191 e. The number of hydrogen-bond donors (Lipinski definition) is 2. The second kappa shape index (κ2) is 9.70. The molecule has 1 aliphatic rings. The van der Waals surface area contributed by atoms with E-state index in [0.29, 0.717) is 5.41 Å². The van der Waals surface area contributed by atoms with Gasteiger partial charge in [-0.15, -0.1) is 35.3 Å². The molecule has 1 fully saturated rings. The minimum absolute atomic E-state index is 0. The molecule has 2 N–H and O–H groups in total. The van der Waals surface area contributed by atoms with Crippen LogP contribution in [-0.4, -0.2) is 24.5 Å². The first-order chi connectivity index (χ1) is 10.2. The van der Waals surface area contributed by atoms with Gasteiger partial charge in [0.05, 0.1) is 17.2 Å². The maximum atomic E-state index is 4.58. The van der Waals surface area contributed by atoms with Crippen LogP contribution in [0.5, 0.6) is 0 Å². The Balaban J connectivity index is 0.00000242. The largest absolute Gasteiger partial charge is 0.356 e. The maximum absolute atomic E-state index is 4.58. The van der Waals surface area contributed by atoms with Crippen LogP contribution in [0.2, 0.25) is 0 Å². The van der Waals surface area contributed by atoms with E-state index in [0.717, 1.165) is 31.2 Å². The predicted molar refractivity (Wildman–Crippen MR) is 106 cm³/mol. The third-order valence-corrected chi connectivity index (χ3v) is 5.65. The molecule has 0 bridgehead atoms. The minimum atomic E-state index is 0. The Hall–Kier alpha value is -0.370. The second-order valence-corrected chi connectivity index (χ2v) is 6.87. The van der Waals surface area contributed by atoms with Crippen molar-refractivity contribution in [3.8, 4) is 0 Å². The van der Waals surface area contributed by atoms with Crippen LogP contribution >= 0.6 is 35.3 Å². The topological polar surface area (TPSA) is 49.3 Å². The number of guanidine groups is 1. The van der Waals surface area contributed by atoms with Crippen LogP contribution < -0.4 is 10.6 Å². The van der Waals surface area contributed by atoms with Crippen molar-refractivity contribution in [3.63, 3.8) is 0 Å². The SMILES string of the molecule is CCc1nc(CNC(=NC)NCC2(CC)CCCC2)cs1.I. The monoisotopic (exact) mass is 436 g/mol. The summed E-state index contributed by atoms with van der Waals surface area (Å²) < 4.78 is 0. The molecule has 4 nitrogen and oxygen atoms in total. The zero-order valence-electron chi connectivity index (χ0n) is 13.9. The molecule has 22 heavy (non-hydrogen) atoms. The van der Waals surface area contributed by atoms with Crippen LogP contribution in [0, 0.1) is 5.41 Å². The third-order valence-electron chi connectivity index (χ3n) is 4.61. The lowest BCUT2D eigenvalue weighted by atomic mass is 9.83. The summed E-state index contributed by atoms with van der Waals surface area (Å²) in [5.41, 5.74) is 1.58. The quantitative estimate of drug-likeness (QED) is 0.403. The molecule has 1 aromatic rings. The van der Waals surface area contributed by atoms with Gasteiger partial charge in [0.25, 0.3) is 0 Å². The van der Waals surface area contributed by atoms with E-state index in [4.69, 9.17) is 0 Å². The van der Waals surface area contributed by atoms with Gasteiger partial charge >= 0.3 is 0 Å². The lowest BCUT2D eigenvalue weighted by Crippen LogP contribution is -2.42. The van der Waals surface area contributed by atoms with E-state index in [-0.39, 0.29) is 24.0 Å². The third kappa shape index (κ3) is 5.37. The summed E-state index contributed by atoms with van der Waals surface area (Å²) in [5, 5.41) is 10.2. The average Bonchev–Trinajstić information content (AvgIpc) is 3.17. The predicted octanol–water partition coefficient (Wildman–Crippen LogP) is 3.96. The Bertz CT molecular complexity index is 466. The van der Waals surface area contributed by atoms with Gasteiger partial charge in [-0.25, -0.2) is 4.98 Å². The molecule has 6 heteroatoms. The highest BCUT2D eigenvalue weighted by Crippen LogP contribution is 2.40. The highest BCUT2D eigenvalue weighted by molar-refractivity contribution is 14.0. The number of halogens is 1. The zero-order chi connectivity index (χ0) is 15.1. The van der Waals surface area contributed by atoms with Gasteiger partial charge in [0.1, 0.15) is 0 Å². The average molecular weight is 436 g/mol. The first kappa shape index (κ1) is 19.7. The minimum Gasteiger partial charge on any atom is -0.356 e. The van der Waals surface area contributed by atoms with Crippen LogP contribution in [0.4, 0.5) is 0 Å². The van der Waals surface area contributed by atoms with Crippen molar-refractivity contribution >= 4 is 41.3 Å². The molecule has 1 aliphatic carbocycles. The molecule has 0 aliphatic heterocycles. The van der Waals surface area contributed by atoms with Gasteiger partial charge in [0.2, 0.25) is 0 Å². The molecule has 0 radical (unpaired) electrons. The second-order valence-electron chi connectivity index (χ2n) is 5.93. The highest BCUT2D eigenvalue weighted by atomic mass is 127. The Labute approximate surface area is 155 Å². The van der Waals surface area contributed by atoms with Gasteiger partial charge in [-0.1, -0.05) is 26.7 Å². The van der Waals surface area contributed by atoms with Crippen molar-refractivity contribution in [2.75, 3.05) is 13.6 Å². The van der Waals surface area contributed by atoms with E-state index < -0.39 is 0 Å². The summed E-state index contributed by atoms with van der Waals surface area (Å²) in [4.78, 5) is 8.90. The molecule has 1 saturated carbocycles. The van der Waals surface area contributed by atoms with Crippen molar-refractivity contribution in [2.45, 2.75) is 58.9 Å². The fourth-order valence-corrected chi connectivity index (χ4v) is 3.78. The van der Waals surface area contributed by atoms with Gasteiger partial charge in [0.15, 0.2) is 5.96 Å². The first-order valence-electron chi connectivity index (χ1n) is 8.09. The molecular formula is C16H29IN4S. The summed E-state index contributed by atoms with van der Waals surface area (Å²) in [6.07, 6.45) is 7.71. The van der Waals surface area contributed by atoms with Crippen molar-refractivity contribution in [3.05, 3.63) is 16.1 Å². The summed E-state index contributed by atoms with van der Waals surface area (Å²) in [5.74, 6) is 0.890. The molecule has 0 saturated heterocycles. The lowest BCUT2D eigenvalue weighted by Gasteiger charge is -2.28. The Morgan fingerprint density at radius 2 is 2.05 bits per heavy atom. The molecule has 1 aromatic heterocycles. The Kier molecular flexibility index (Phi) is 8.67. The van der Waals surface area contributed by atoms with Crippen LogP contribution in [0.25, 0.3) is 0 Å². The van der Waals surface area contributed by atoms with Crippen LogP contribution in [-0.2, 0) is 13.0 Å². The van der Waals surface area contributed by atoms with E-state index in [2.05, 4.69) is 39.8 Å². The number of nitrogens with zero attached hydrogens (tertiary/aromatic N) is 2. The van der Waals surface area contributed by atoms with Crippen molar-refractivity contribution in [1.82, 2.24) is 15.6 Å². The Morgan fingerprint density at radius 1 is 1.32 bits per heavy atom. The number of thiazole rings is 1. The van der Waals surface area contributed by atoms with Gasteiger partial charge in [0, 0.05) is 19.0 Å². The fourth-order valence-electron chi connectivity index (χ4n) is 3.04. The number of aliphatic imine (C=N–C) groups is 1. The number of aryl methyl sites for hydroxylation is 1. The molecule has 0 unspecified atom stereocenters. The first-order valence-corrected chi connectivity index (χ1v) is 8.97.